The van der Waals surface area contributed by atoms with Gasteiger partial charge in [0, 0.05) is 5.33 Å². The maximum absolute atomic E-state index is 8.73. The maximum atomic E-state index is 8.73. The molecule has 7 heteroatoms. The van der Waals surface area contributed by atoms with E-state index in [1.165, 1.54) is 0 Å². The zero-order chi connectivity index (χ0) is 9.28. The largest absolute Gasteiger partial charge is 0.433 e. The number of hydrogen-bond donors (Lipinski definition) is 3. The van der Waals surface area contributed by atoms with E-state index in [-0.39, 0.29) is 6.10 Å². The molecule has 4 N–H and O–H groups in total. The Balaban J connectivity index is 0. The van der Waals surface area contributed by atoms with Crippen LogP contribution in [0.5, 0.6) is 0 Å². The van der Waals surface area contributed by atoms with Gasteiger partial charge in [0.15, 0.2) is 0 Å². The lowest BCUT2D eigenvalue weighted by Crippen LogP contribution is -2.30. The van der Waals surface area contributed by atoms with E-state index in [2.05, 4.69) is 15.9 Å². The molecule has 0 aromatic carbocycles. The van der Waals surface area contributed by atoms with Crippen LogP contribution in [0.15, 0.2) is 0 Å². The smallest absolute Gasteiger partial charge is 0.392 e. The van der Waals surface area contributed by atoms with E-state index in [1.54, 1.807) is 0 Å². The van der Waals surface area contributed by atoms with Crippen LogP contribution in [0.3, 0.4) is 0 Å². The third kappa shape index (κ3) is 24.9. The molecule has 0 aliphatic heterocycles. The van der Waals surface area contributed by atoms with Crippen LogP contribution in [-0.4, -0.2) is 27.3 Å². The number of aliphatic hydroxyl groups excluding tert-OH is 1. The van der Waals surface area contributed by atoms with Gasteiger partial charge in [0.1, 0.15) is 0 Å². The van der Waals surface area contributed by atoms with E-state index >= 15 is 0 Å². The SMILES string of the molecule is NCCC(O)CBr.[O-][Br+2]([O-])O. The number of halogens is 2. The first-order chi connectivity index (χ1) is 5.04. The maximum Gasteiger partial charge on any atom is 0.433 e. The monoisotopic (exact) mass is 295 g/mol. The summed E-state index contributed by atoms with van der Waals surface area (Å²) in [5.41, 5.74) is 5.12. The second kappa shape index (κ2) is 10.8. The van der Waals surface area contributed by atoms with Crippen LogP contribution in [0.25, 0.3) is 0 Å². The van der Waals surface area contributed by atoms with Crippen LogP contribution in [0.2, 0.25) is 0 Å². The topological polar surface area (TPSA) is 113 Å². The highest BCUT2D eigenvalue weighted by Crippen LogP contribution is 1.92. The van der Waals surface area contributed by atoms with Crippen LogP contribution in [0.1, 0.15) is 6.42 Å². The highest BCUT2D eigenvalue weighted by atomic mass is 80.0. The zero-order valence-corrected chi connectivity index (χ0v) is 8.91. The average molecular weight is 297 g/mol. The summed E-state index contributed by atoms with van der Waals surface area (Å²) in [5, 5.41) is 9.36. The van der Waals surface area contributed by atoms with Crippen molar-refractivity contribution in [3.63, 3.8) is 0 Å². The summed E-state index contributed by atoms with van der Waals surface area (Å²) in [6, 6.07) is 0. The van der Waals surface area contributed by atoms with Gasteiger partial charge in [-0.2, -0.15) is 0 Å². The Kier molecular flexibility index (Phi) is 14.0. The fourth-order valence-electron chi connectivity index (χ4n) is 0.270. The predicted molar refractivity (Wildman–Crippen MR) is 35.7 cm³/mol. The molecule has 0 fully saturated rings. The number of aliphatic hydroxyl groups is 1. The fraction of sp³-hybridized carbons (Fsp3) is 1.00. The lowest BCUT2D eigenvalue weighted by atomic mass is 10.3. The number of hydrogen-bond acceptors (Lipinski definition) is 5. The molecule has 11 heavy (non-hydrogen) atoms. The minimum Gasteiger partial charge on any atom is -0.392 e. The fourth-order valence-corrected chi connectivity index (χ4v) is 0.593. The molecule has 0 saturated carbocycles. The standard InChI is InChI=1S/C4H10BrNO.BrHO3/c5-3-4(7)1-2-6;2-1(3)4/h4,7H,1-3,6H2;2H. The van der Waals surface area contributed by atoms with Crippen LogP contribution in [0, 0.1) is 14.8 Å². The summed E-state index contributed by atoms with van der Waals surface area (Å²) < 4.78 is 24.3. The van der Waals surface area contributed by atoms with Crippen molar-refractivity contribution in [1.82, 2.24) is 0 Å². The van der Waals surface area contributed by atoms with Crippen LogP contribution < -0.4 is 14.1 Å². The molecule has 0 amide bonds. The van der Waals surface area contributed by atoms with Crippen molar-refractivity contribution in [1.29, 1.82) is 0 Å². The van der Waals surface area contributed by atoms with Gasteiger partial charge in [-0.25, -0.2) is 0 Å². The van der Waals surface area contributed by atoms with Gasteiger partial charge in [-0.3, -0.25) is 0 Å². The first kappa shape index (κ1) is 14.3. The van der Waals surface area contributed by atoms with Gasteiger partial charge in [-0.1, -0.05) is 15.9 Å². The van der Waals surface area contributed by atoms with Crippen LogP contribution in [-0.2, 0) is 0 Å². The number of rotatable bonds is 3. The Hall–Kier alpha value is 0.760. The molecule has 1 atom stereocenters. The Labute approximate surface area is 78.8 Å². The Bertz CT molecular complexity index is 72.4. The lowest BCUT2D eigenvalue weighted by Gasteiger charge is -2.00. The van der Waals surface area contributed by atoms with E-state index in [0.29, 0.717) is 18.3 Å². The Morgan fingerprint density at radius 2 is 1.91 bits per heavy atom. The van der Waals surface area contributed by atoms with Crippen molar-refractivity contribution < 1.29 is 32.5 Å². The predicted octanol–water partition coefficient (Wildman–Crippen LogP) is -2.84. The van der Waals surface area contributed by atoms with Gasteiger partial charge in [0.05, 0.1) is 6.10 Å². The molecule has 70 valence electrons. The van der Waals surface area contributed by atoms with Crippen molar-refractivity contribution in [3.8, 4) is 0 Å². The van der Waals surface area contributed by atoms with Gasteiger partial charge >= 0.3 is 14.8 Å². The molecule has 0 spiro atoms. The molecule has 0 aliphatic carbocycles. The first-order valence-corrected chi connectivity index (χ1v) is 5.85. The number of nitrogens with two attached hydrogens (primary N) is 1. The third-order valence-corrected chi connectivity index (χ3v) is 1.43. The molecule has 0 rings (SSSR count). The zero-order valence-electron chi connectivity index (χ0n) is 5.74. The van der Waals surface area contributed by atoms with Gasteiger partial charge in [-0.05, 0) is 17.2 Å². The van der Waals surface area contributed by atoms with E-state index < -0.39 is 14.8 Å². The summed E-state index contributed by atoms with van der Waals surface area (Å²) in [7, 11) is 0. The quantitative estimate of drug-likeness (QED) is 0.486. The van der Waals surface area contributed by atoms with Gasteiger partial charge in [0.25, 0.3) is 0 Å². The van der Waals surface area contributed by atoms with Crippen molar-refractivity contribution >= 4 is 15.9 Å². The van der Waals surface area contributed by atoms with E-state index in [1.807, 2.05) is 0 Å². The Morgan fingerprint density at radius 3 is 2.00 bits per heavy atom. The van der Waals surface area contributed by atoms with Crippen molar-refractivity contribution in [2.45, 2.75) is 12.5 Å². The second-order valence-corrected chi connectivity index (χ2v) is 3.08. The molecule has 0 heterocycles. The molecule has 0 aromatic rings. The summed E-state index contributed by atoms with van der Waals surface area (Å²) in [6.45, 7) is 0.562. The molecule has 0 aliphatic rings. The van der Waals surface area contributed by atoms with Gasteiger partial charge in [0.2, 0.25) is 0 Å². The second-order valence-electron chi connectivity index (χ2n) is 1.59. The summed E-state index contributed by atoms with van der Waals surface area (Å²) in [4.78, 5) is 0. The minimum atomic E-state index is -3.40. The van der Waals surface area contributed by atoms with Crippen molar-refractivity contribution in [2.24, 2.45) is 5.73 Å². The Morgan fingerprint density at radius 1 is 1.55 bits per heavy atom. The normalized spacial score (nSPS) is 12.3. The van der Waals surface area contributed by atoms with Crippen molar-refractivity contribution in [2.75, 3.05) is 11.9 Å². The molecule has 5 nitrogen and oxygen atoms in total. The summed E-state index contributed by atoms with van der Waals surface area (Å²) in [6.07, 6.45) is 0.427. The molecule has 0 aromatic heterocycles. The average Bonchev–Trinajstić information content (AvgIpc) is 1.87. The molecule has 0 bridgehead atoms. The summed E-state index contributed by atoms with van der Waals surface area (Å²) >= 11 is -0.286. The molecular weight excluding hydrogens is 286 g/mol. The van der Waals surface area contributed by atoms with E-state index in [0.717, 1.165) is 0 Å². The lowest BCUT2D eigenvalue weighted by molar-refractivity contribution is -1.63. The van der Waals surface area contributed by atoms with Crippen LogP contribution in [0.4, 0.5) is 0 Å². The third-order valence-electron chi connectivity index (χ3n) is 0.678. The van der Waals surface area contributed by atoms with E-state index in [4.69, 9.17) is 23.4 Å². The highest BCUT2D eigenvalue weighted by molar-refractivity contribution is 9.09. The molecule has 0 radical (unpaired) electrons. The number of alkyl halides is 1. The minimum absolute atomic E-state index is 0.259. The van der Waals surface area contributed by atoms with Crippen LogP contribution >= 0.6 is 15.9 Å². The van der Waals surface area contributed by atoms with Gasteiger partial charge < -0.3 is 19.2 Å². The molecule has 0 saturated heterocycles. The molecular formula is C4H11Br2NO4. The van der Waals surface area contributed by atoms with E-state index in [9.17, 15) is 0 Å². The van der Waals surface area contributed by atoms with Gasteiger partial charge in [-0.15, -0.1) is 0 Å². The molecule has 1 unspecified atom stereocenters. The highest BCUT2D eigenvalue weighted by Gasteiger charge is 1.96. The summed E-state index contributed by atoms with van der Waals surface area (Å²) in [5.74, 6) is 0. The first-order valence-electron chi connectivity index (χ1n) is 2.73. The van der Waals surface area contributed by atoms with Crippen molar-refractivity contribution in [3.05, 3.63) is 0 Å².